The van der Waals surface area contributed by atoms with Crippen LogP contribution in [0.15, 0.2) is 12.1 Å². The van der Waals surface area contributed by atoms with E-state index >= 15 is 0 Å². The number of hydrogen-bond donors (Lipinski definition) is 2. The van der Waals surface area contributed by atoms with E-state index in [2.05, 4.69) is 5.32 Å². The van der Waals surface area contributed by atoms with E-state index in [-0.39, 0.29) is 12.1 Å². The van der Waals surface area contributed by atoms with Crippen LogP contribution >= 0.6 is 0 Å². The van der Waals surface area contributed by atoms with Gasteiger partial charge in [-0.2, -0.15) is 0 Å². The average molecular weight is 275 g/mol. The number of hydrogen-bond acceptors (Lipinski definition) is 2. The van der Waals surface area contributed by atoms with Gasteiger partial charge in [0, 0.05) is 18.2 Å². The van der Waals surface area contributed by atoms with Crippen LogP contribution in [0.4, 0.5) is 13.2 Å². The highest BCUT2D eigenvalue weighted by atomic mass is 19.2. The lowest BCUT2D eigenvalue weighted by molar-refractivity contribution is -0.144. The van der Waals surface area contributed by atoms with Crippen molar-refractivity contribution in [2.45, 2.75) is 38.8 Å². The van der Waals surface area contributed by atoms with Crippen LogP contribution in [0.25, 0.3) is 0 Å². The minimum Gasteiger partial charge on any atom is -0.480 e. The summed E-state index contributed by atoms with van der Waals surface area (Å²) in [5, 5.41) is 11.8. The molecule has 3 nitrogen and oxygen atoms in total. The van der Waals surface area contributed by atoms with Crippen LogP contribution in [0.5, 0.6) is 0 Å². The van der Waals surface area contributed by atoms with Crippen LogP contribution in [0, 0.1) is 17.5 Å². The van der Waals surface area contributed by atoms with Gasteiger partial charge in [0.05, 0.1) is 0 Å². The molecule has 106 valence electrons. The fourth-order valence-corrected chi connectivity index (χ4v) is 1.76. The summed E-state index contributed by atoms with van der Waals surface area (Å²) in [5.74, 6) is -4.41. The number of rotatable bonds is 6. The lowest BCUT2D eigenvalue weighted by atomic mass is 9.96. The zero-order valence-corrected chi connectivity index (χ0v) is 10.8. The van der Waals surface area contributed by atoms with Crippen molar-refractivity contribution in [2.24, 2.45) is 0 Å². The first-order valence-electron chi connectivity index (χ1n) is 5.92. The van der Waals surface area contributed by atoms with Crippen molar-refractivity contribution >= 4 is 5.97 Å². The maximum Gasteiger partial charge on any atom is 0.323 e. The number of benzene rings is 1. The second-order valence-electron chi connectivity index (χ2n) is 4.60. The first-order valence-corrected chi connectivity index (χ1v) is 5.92. The number of carboxylic acids is 1. The molecule has 0 aliphatic carbocycles. The molecule has 0 aliphatic rings. The van der Waals surface area contributed by atoms with Crippen molar-refractivity contribution in [1.29, 1.82) is 0 Å². The predicted molar refractivity (Wildman–Crippen MR) is 64.1 cm³/mol. The van der Waals surface area contributed by atoms with E-state index < -0.39 is 29.0 Å². The van der Waals surface area contributed by atoms with E-state index in [4.69, 9.17) is 5.11 Å². The maximum absolute atomic E-state index is 13.4. The summed E-state index contributed by atoms with van der Waals surface area (Å²) in [6.45, 7) is 3.10. The standard InChI is InChI=1S/C13H16F3NO2/c1-3-4-13(2,12(18)19)17-7-8-5-10(15)11(16)6-9(8)14/h5-6,17H,3-4,7H2,1-2H3,(H,18,19). The highest BCUT2D eigenvalue weighted by Crippen LogP contribution is 2.17. The smallest absolute Gasteiger partial charge is 0.323 e. The number of carboxylic acid groups (broad SMARTS) is 1. The second kappa shape index (κ2) is 6.06. The van der Waals surface area contributed by atoms with Crippen LogP contribution in [-0.2, 0) is 11.3 Å². The van der Waals surface area contributed by atoms with Crippen LogP contribution in [-0.4, -0.2) is 16.6 Å². The van der Waals surface area contributed by atoms with Crippen LogP contribution in [0.2, 0.25) is 0 Å². The monoisotopic (exact) mass is 275 g/mol. The van der Waals surface area contributed by atoms with Gasteiger partial charge in [-0.1, -0.05) is 13.3 Å². The molecular weight excluding hydrogens is 259 g/mol. The average Bonchev–Trinajstić information content (AvgIpc) is 2.32. The van der Waals surface area contributed by atoms with Gasteiger partial charge < -0.3 is 5.11 Å². The minimum atomic E-state index is -1.27. The molecule has 0 radical (unpaired) electrons. The van der Waals surface area contributed by atoms with E-state index in [1.54, 1.807) is 0 Å². The highest BCUT2D eigenvalue weighted by molar-refractivity contribution is 5.78. The maximum atomic E-state index is 13.4. The van der Waals surface area contributed by atoms with E-state index in [0.717, 1.165) is 6.07 Å². The summed E-state index contributed by atoms with van der Waals surface area (Å²) in [6, 6.07) is 1.18. The topological polar surface area (TPSA) is 49.3 Å². The lowest BCUT2D eigenvalue weighted by Gasteiger charge is -2.26. The Labute approximate surface area is 109 Å². The summed E-state index contributed by atoms with van der Waals surface area (Å²) in [4.78, 5) is 11.1. The summed E-state index contributed by atoms with van der Waals surface area (Å²) < 4.78 is 39.2. The molecule has 19 heavy (non-hydrogen) atoms. The Morgan fingerprint density at radius 2 is 1.84 bits per heavy atom. The molecule has 0 bridgehead atoms. The first kappa shape index (κ1) is 15.5. The van der Waals surface area contributed by atoms with Gasteiger partial charge in [0.15, 0.2) is 11.6 Å². The molecule has 1 atom stereocenters. The molecule has 0 fully saturated rings. The molecule has 2 N–H and O–H groups in total. The lowest BCUT2D eigenvalue weighted by Crippen LogP contribution is -2.49. The molecule has 6 heteroatoms. The molecule has 1 unspecified atom stereocenters. The van der Waals surface area contributed by atoms with Crippen LogP contribution in [0.1, 0.15) is 32.3 Å². The van der Waals surface area contributed by atoms with Crippen molar-refractivity contribution in [3.8, 4) is 0 Å². The van der Waals surface area contributed by atoms with Crippen LogP contribution < -0.4 is 5.32 Å². The number of aliphatic carboxylic acids is 1. The number of halogens is 3. The third-order valence-corrected chi connectivity index (χ3v) is 2.98. The Bertz CT molecular complexity index is 479. The minimum absolute atomic E-state index is 0.109. The van der Waals surface area contributed by atoms with E-state index in [1.165, 1.54) is 6.92 Å². The molecule has 0 heterocycles. The van der Waals surface area contributed by atoms with Gasteiger partial charge in [-0.05, 0) is 19.4 Å². The third-order valence-electron chi connectivity index (χ3n) is 2.98. The van der Waals surface area contributed by atoms with Crippen LogP contribution in [0.3, 0.4) is 0 Å². The van der Waals surface area contributed by atoms with Gasteiger partial charge in [-0.3, -0.25) is 10.1 Å². The van der Waals surface area contributed by atoms with Crippen molar-refractivity contribution in [1.82, 2.24) is 5.32 Å². The molecule has 1 aromatic rings. The Kier molecular flexibility index (Phi) is 4.94. The van der Waals surface area contributed by atoms with Gasteiger partial charge in [0.2, 0.25) is 0 Å². The number of carbonyl (C=O) groups is 1. The molecule has 0 saturated carbocycles. The molecule has 0 spiro atoms. The van der Waals surface area contributed by atoms with E-state index in [9.17, 15) is 18.0 Å². The Morgan fingerprint density at radius 1 is 1.26 bits per heavy atom. The summed E-state index contributed by atoms with van der Waals surface area (Å²) >= 11 is 0. The van der Waals surface area contributed by atoms with Crippen molar-refractivity contribution in [3.63, 3.8) is 0 Å². The third kappa shape index (κ3) is 3.70. The molecule has 0 saturated heterocycles. The highest BCUT2D eigenvalue weighted by Gasteiger charge is 2.31. The molecule has 1 rings (SSSR count). The second-order valence-corrected chi connectivity index (χ2v) is 4.60. The van der Waals surface area contributed by atoms with Crippen molar-refractivity contribution in [2.75, 3.05) is 0 Å². The molecule has 1 aromatic carbocycles. The van der Waals surface area contributed by atoms with Gasteiger partial charge in [0.25, 0.3) is 0 Å². The fourth-order valence-electron chi connectivity index (χ4n) is 1.76. The van der Waals surface area contributed by atoms with Crippen molar-refractivity contribution < 1.29 is 23.1 Å². The molecular formula is C13H16F3NO2. The van der Waals surface area contributed by atoms with Gasteiger partial charge in [0.1, 0.15) is 11.4 Å². The zero-order valence-electron chi connectivity index (χ0n) is 10.8. The summed E-state index contributed by atoms with van der Waals surface area (Å²) in [6.07, 6.45) is 0.962. The van der Waals surface area contributed by atoms with Gasteiger partial charge in [-0.25, -0.2) is 13.2 Å². The Balaban J connectivity index is 2.86. The summed E-state index contributed by atoms with van der Waals surface area (Å²) in [5.41, 5.74) is -1.34. The molecule has 0 aromatic heterocycles. The predicted octanol–water partition coefficient (Wildman–Crippen LogP) is 2.84. The van der Waals surface area contributed by atoms with E-state index in [0.29, 0.717) is 18.9 Å². The van der Waals surface area contributed by atoms with Crippen molar-refractivity contribution in [3.05, 3.63) is 35.1 Å². The van der Waals surface area contributed by atoms with Gasteiger partial charge >= 0.3 is 5.97 Å². The quantitative estimate of drug-likeness (QED) is 0.785. The first-order chi connectivity index (χ1) is 8.80. The molecule has 0 amide bonds. The molecule has 0 aliphatic heterocycles. The Hall–Kier alpha value is -1.56. The largest absolute Gasteiger partial charge is 0.480 e. The van der Waals surface area contributed by atoms with Gasteiger partial charge in [-0.15, -0.1) is 0 Å². The Morgan fingerprint density at radius 3 is 2.37 bits per heavy atom. The fraction of sp³-hybridized carbons (Fsp3) is 0.462. The SMILES string of the molecule is CCCC(C)(NCc1cc(F)c(F)cc1F)C(=O)O. The zero-order chi connectivity index (χ0) is 14.6. The number of nitrogens with one attached hydrogen (secondary N) is 1. The summed E-state index contributed by atoms with van der Waals surface area (Å²) in [7, 11) is 0. The normalized spacial score (nSPS) is 14.2. The van der Waals surface area contributed by atoms with E-state index in [1.807, 2.05) is 6.92 Å².